The van der Waals surface area contributed by atoms with E-state index in [1.165, 1.54) is 5.69 Å². The summed E-state index contributed by atoms with van der Waals surface area (Å²) in [6, 6.07) is 10.8. The molecule has 0 aliphatic carbocycles. The highest BCUT2D eigenvalue weighted by Crippen LogP contribution is 2.24. The van der Waals surface area contributed by atoms with Crippen molar-refractivity contribution in [3.63, 3.8) is 0 Å². The quantitative estimate of drug-likeness (QED) is 0.853. The molecule has 0 spiro atoms. The van der Waals surface area contributed by atoms with E-state index in [0.29, 0.717) is 24.0 Å². The molecule has 0 atom stereocenters. The first-order valence-electron chi connectivity index (χ1n) is 8.83. The molecule has 1 aliphatic rings. The minimum atomic E-state index is -3.78. The number of sulfonamides is 1. The molecule has 1 aromatic heterocycles. The van der Waals surface area contributed by atoms with Crippen LogP contribution in [-0.4, -0.2) is 49.3 Å². The molecular formula is C18H27N5O2S. The van der Waals surface area contributed by atoms with Crippen LogP contribution in [0.15, 0.2) is 35.2 Å². The number of piperidine rings is 1. The van der Waals surface area contributed by atoms with Crippen molar-refractivity contribution in [3.8, 4) is 0 Å². The molecule has 0 radical (unpaired) electrons. The normalized spacial score (nSPS) is 16.4. The molecule has 26 heavy (non-hydrogen) atoms. The Morgan fingerprint density at radius 3 is 2.42 bits per heavy atom. The van der Waals surface area contributed by atoms with Crippen molar-refractivity contribution in [2.75, 3.05) is 25.0 Å². The van der Waals surface area contributed by atoms with Gasteiger partial charge >= 0.3 is 0 Å². The topological polar surface area (TPSA) is 84.5 Å². The molecule has 0 unspecified atom stereocenters. The van der Waals surface area contributed by atoms with Crippen LogP contribution in [0.1, 0.15) is 24.2 Å². The van der Waals surface area contributed by atoms with Gasteiger partial charge in [0.15, 0.2) is 0 Å². The van der Waals surface area contributed by atoms with E-state index in [1.54, 1.807) is 18.7 Å². The number of para-hydroxylation sites is 1. The van der Waals surface area contributed by atoms with Gasteiger partial charge in [0.05, 0.1) is 11.4 Å². The van der Waals surface area contributed by atoms with Crippen molar-refractivity contribution in [2.45, 2.75) is 37.2 Å². The third-order valence-corrected chi connectivity index (χ3v) is 6.34. The van der Waals surface area contributed by atoms with Crippen LogP contribution < -0.4 is 10.0 Å². The summed E-state index contributed by atoms with van der Waals surface area (Å²) in [7, 11) is -0.0132. The van der Waals surface area contributed by atoms with E-state index in [0.717, 1.165) is 25.9 Å². The number of hydrogen-bond acceptors (Lipinski definition) is 5. The predicted molar refractivity (Wildman–Crippen MR) is 102 cm³/mol. The SMILES string of the molecule is Cc1c(S(N)(=O)=O)c(CN(C)C2CCN(c3ccccc3)CC2)nn1C. The Bertz CT molecular complexity index is 855. The van der Waals surface area contributed by atoms with Crippen LogP contribution in [0.2, 0.25) is 0 Å². The summed E-state index contributed by atoms with van der Waals surface area (Å²) < 4.78 is 25.5. The zero-order valence-electron chi connectivity index (χ0n) is 15.6. The molecular weight excluding hydrogens is 350 g/mol. The number of primary sulfonamides is 1. The second-order valence-corrected chi connectivity index (χ2v) is 8.50. The number of anilines is 1. The molecule has 1 aromatic carbocycles. The highest BCUT2D eigenvalue weighted by Gasteiger charge is 2.27. The van der Waals surface area contributed by atoms with Gasteiger partial charge in [-0.15, -0.1) is 0 Å². The van der Waals surface area contributed by atoms with Gasteiger partial charge in [0.2, 0.25) is 10.0 Å². The van der Waals surface area contributed by atoms with Crippen molar-refractivity contribution < 1.29 is 8.42 Å². The van der Waals surface area contributed by atoms with E-state index < -0.39 is 10.0 Å². The van der Waals surface area contributed by atoms with E-state index in [-0.39, 0.29) is 4.90 Å². The number of hydrogen-bond donors (Lipinski definition) is 1. The first kappa shape index (κ1) is 18.9. The summed E-state index contributed by atoms with van der Waals surface area (Å²) in [5.41, 5.74) is 2.36. The number of aromatic nitrogens is 2. The summed E-state index contributed by atoms with van der Waals surface area (Å²) in [5, 5.41) is 9.78. The number of nitrogens with zero attached hydrogens (tertiary/aromatic N) is 4. The molecule has 142 valence electrons. The lowest BCUT2D eigenvalue weighted by Gasteiger charge is -2.37. The fourth-order valence-corrected chi connectivity index (χ4v) is 4.68. The largest absolute Gasteiger partial charge is 0.371 e. The summed E-state index contributed by atoms with van der Waals surface area (Å²) in [6.07, 6.45) is 2.06. The van der Waals surface area contributed by atoms with Crippen LogP contribution in [0.25, 0.3) is 0 Å². The Morgan fingerprint density at radius 1 is 1.23 bits per heavy atom. The molecule has 8 heteroatoms. The lowest BCUT2D eigenvalue weighted by atomic mass is 10.0. The zero-order valence-corrected chi connectivity index (χ0v) is 16.4. The Hall–Kier alpha value is -1.90. The smallest absolute Gasteiger partial charge is 0.241 e. The van der Waals surface area contributed by atoms with Crippen molar-refractivity contribution in [1.82, 2.24) is 14.7 Å². The number of benzene rings is 1. The van der Waals surface area contributed by atoms with Crippen molar-refractivity contribution in [1.29, 1.82) is 0 Å². The lowest BCUT2D eigenvalue weighted by Crippen LogP contribution is -2.43. The summed E-state index contributed by atoms with van der Waals surface area (Å²) in [5.74, 6) is 0. The molecule has 7 nitrogen and oxygen atoms in total. The van der Waals surface area contributed by atoms with Gasteiger partial charge < -0.3 is 4.90 Å². The fraction of sp³-hybridized carbons (Fsp3) is 0.500. The third-order valence-electron chi connectivity index (χ3n) is 5.24. The zero-order chi connectivity index (χ0) is 18.9. The molecule has 2 heterocycles. The minimum Gasteiger partial charge on any atom is -0.371 e. The first-order valence-corrected chi connectivity index (χ1v) is 10.4. The van der Waals surface area contributed by atoms with Gasteiger partial charge in [-0.1, -0.05) is 18.2 Å². The van der Waals surface area contributed by atoms with Gasteiger partial charge in [-0.05, 0) is 38.9 Å². The first-order chi connectivity index (χ1) is 12.3. The predicted octanol–water partition coefficient (Wildman–Crippen LogP) is 1.48. The Morgan fingerprint density at radius 2 is 1.85 bits per heavy atom. The van der Waals surface area contributed by atoms with Crippen LogP contribution in [0, 0.1) is 6.92 Å². The maximum atomic E-state index is 11.9. The fourth-order valence-electron chi connectivity index (χ4n) is 3.70. The maximum absolute atomic E-state index is 11.9. The molecule has 1 aliphatic heterocycles. The maximum Gasteiger partial charge on any atom is 0.241 e. The molecule has 0 bridgehead atoms. The van der Waals surface area contributed by atoms with Crippen LogP contribution in [0.4, 0.5) is 5.69 Å². The van der Waals surface area contributed by atoms with Crippen LogP contribution in [0.5, 0.6) is 0 Å². The highest BCUT2D eigenvalue weighted by atomic mass is 32.2. The Balaban J connectivity index is 1.67. The van der Waals surface area contributed by atoms with Crippen molar-refractivity contribution in [3.05, 3.63) is 41.7 Å². The molecule has 2 N–H and O–H groups in total. The van der Waals surface area contributed by atoms with Crippen LogP contribution in [0.3, 0.4) is 0 Å². The highest BCUT2D eigenvalue weighted by molar-refractivity contribution is 7.89. The van der Waals surface area contributed by atoms with Crippen molar-refractivity contribution >= 4 is 15.7 Å². The number of nitrogens with two attached hydrogens (primary N) is 1. The molecule has 0 saturated carbocycles. The summed E-state index contributed by atoms with van der Waals surface area (Å²) in [6.45, 7) is 4.18. The van der Waals surface area contributed by atoms with E-state index in [2.05, 4.69) is 39.2 Å². The second kappa shape index (κ2) is 7.38. The molecule has 1 fully saturated rings. The average Bonchev–Trinajstić information content (AvgIpc) is 2.89. The van der Waals surface area contributed by atoms with Gasteiger partial charge in [0, 0.05) is 38.4 Å². The van der Waals surface area contributed by atoms with E-state index in [1.807, 2.05) is 13.1 Å². The summed E-state index contributed by atoms with van der Waals surface area (Å²) >= 11 is 0. The third kappa shape index (κ3) is 3.92. The van der Waals surface area contributed by atoms with E-state index >= 15 is 0 Å². The molecule has 2 aromatic rings. The molecule has 0 amide bonds. The number of aryl methyl sites for hydroxylation is 1. The lowest BCUT2D eigenvalue weighted by molar-refractivity contribution is 0.196. The van der Waals surface area contributed by atoms with Crippen molar-refractivity contribution in [2.24, 2.45) is 12.2 Å². The Labute approximate surface area is 155 Å². The Kier molecular flexibility index (Phi) is 5.36. The second-order valence-electron chi connectivity index (χ2n) is 7.00. The van der Waals surface area contributed by atoms with Gasteiger partial charge in [-0.3, -0.25) is 9.58 Å². The average molecular weight is 378 g/mol. The van der Waals surface area contributed by atoms with E-state index in [9.17, 15) is 8.42 Å². The van der Waals surface area contributed by atoms with Crippen LogP contribution >= 0.6 is 0 Å². The molecule has 3 rings (SSSR count). The van der Waals surface area contributed by atoms with Gasteiger partial charge in [-0.2, -0.15) is 5.10 Å². The summed E-state index contributed by atoms with van der Waals surface area (Å²) in [4.78, 5) is 4.75. The minimum absolute atomic E-state index is 0.161. The van der Waals surface area contributed by atoms with Gasteiger partial charge in [0.1, 0.15) is 4.90 Å². The van der Waals surface area contributed by atoms with Gasteiger partial charge in [0.25, 0.3) is 0 Å². The monoisotopic (exact) mass is 377 g/mol. The van der Waals surface area contributed by atoms with Crippen LogP contribution in [-0.2, 0) is 23.6 Å². The molecule has 1 saturated heterocycles. The van der Waals surface area contributed by atoms with Gasteiger partial charge in [-0.25, -0.2) is 13.6 Å². The standard InChI is InChI=1S/C18H27N5O2S/c1-14-18(26(19,24)25)17(20-22(14)3)13-21(2)15-9-11-23(12-10-15)16-7-5-4-6-8-16/h4-8,15H,9-13H2,1-3H3,(H2,19,24,25). The number of rotatable bonds is 5. The van der Waals surface area contributed by atoms with E-state index in [4.69, 9.17) is 5.14 Å².